The van der Waals surface area contributed by atoms with Gasteiger partial charge in [0.05, 0.1) is 23.7 Å². The van der Waals surface area contributed by atoms with E-state index < -0.39 is 28.9 Å². The normalized spacial score (nSPS) is 16.2. The summed E-state index contributed by atoms with van der Waals surface area (Å²) in [7, 11) is 0. The third-order valence-electron chi connectivity index (χ3n) is 5.17. The summed E-state index contributed by atoms with van der Waals surface area (Å²) in [6, 6.07) is 10.9. The van der Waals surface area contributed by atoms with Gasteiger partial charge in [0.1, 0.15) is 0 Å². The van der Waals surface area contributed by atoms with Crippen LogP contribution in [0.1, 0.15) is 40.1 Å². The van der Waals surface area contributed by atoms with Gasteiger partial charge >= 0.3 is 11.9 Å². The highest BCUT2D eigenvalue weighted by Crippen LogP contribution is 2.53. The van der Waals surface area contributed by atoms with Crippen LogP contribution in [-0.4, -0.2) is 36.7 Å². The lowest BCUT2D eigenvalue weighted by molar-refractivity contribution is -0.162. The number of hydrogen-bond acceptors (Lipinski definition) is 7. The van der Waals surface area contributed by atoms with E-state index in [1.165, 1.54) is 18.2 Å². The van der Waals surface area contributed by atoms with E-state index in [4.69, 9.17) is 21.1 Å². The van der Waals surface area contributed by atoms with E-state index in [0.29, 0.717) is 9.92 Å². The first-order valence-electron chi connectivity index (χ1n) is 9.63. The Bertz CT molecular complexity index is 1160. The Morgan fingerprint density at radius 1 is 0.935 bits per heavy atom. The van der Waals surface area contributed by atoms with Gasteiger partial charge in [0, 0.05) is 21.0 Å². The summed E-state index contributed by atoms with van der Waals surface area (Å²) in [4.78, 5) is 54.3. The van der Waals surface area contributed by atoms with Gasteiger partial charge in [-0.15, -0.1) is 0 Å². The number of ether oxygens (including phenoxy) is 2. The van der Waals surface area contributed by atoms with Gasteiger partial charge in [-0.25, -0.2) is 0 Å². The topological polar surface area (TPSA) is 86.7 Å². The maximum atomic E-state index is 13.6. The molecule has 0 bridgehead atoms. The quantitative estimate of drug-likeness (QED) is 0.504. The summed E-state index contributed by atoms with van der Waals surface area (Å²) in [6.07, 6.45) is 0. The van der Waals surface area contributed by atoms with Crippen LogP contribution in [0, 0.1) is 0 Å². The maximum absolute atomic E-state index is 13.6. The van der Waals surface area contributed by atoms with E-state index in [1.807, 2.05) is 0 Å². The molecule has 2 aromatic carbocycles. The Kier molecular flexibility index (Phi) is 5.49. The molecule has 0 amide bonds. The molecule has 1 aliphatic heterocycles. The monoisotopic (exact) mass is 456 g/mol. The molecule has 2 aromatic rings. The first-order chi connectivity index (χ1) is 14.9. The van der Waals surface area contributed by atoms with Gasteiger partial charge in [0.2, 0.25) is 11.2 Å². The van der Waals surface area contributed by atoms with E-state index >= 15 is 0 Å². The van der Waals surface area contributed by atoms with Gasteiger partial charge in [-0.1, -0.05) is 53.7 Å². The van der Waals surface area contributed by atoms with Crippen LogP contribution in [-0.2, 0) is 24.5 Å². The summed E-state index contributed by atoms with van der Waals surface area (Å²) in [6.45, 7) is 3.12. The van der Waals surface area contributed by atoms with Crippen molar-refractivity contribution >= 4 is 46.9 Å². The molecule has 0 saturated heterocycles. The number of carbonyl (C=O) groups is 4. The molecule has 0 fully saturated rings. The van der Waals surface area contributed by atoms with Crippen LogP contribution in [0.3, 0.4) is 0 Å². The number of ketones is 2. The Morgan fingerprint density at radius 2 is 1.52 bits per heavy atom. The molecular formula is C23H17ClO6S. The zero-order valence-corrected chi connectivity index (χ0v) is 18.3. The predicted octanol–water partition coefficient (Wildman–Crippen LogP) is 4.14. The lowest BCUT2D eigenvalue weighted by atomic mass is 9.68. The molecule has 6 nitrogen and oxygen atoms in total. The molecule has 158 valence electrons. The van der Waals surface area contributed by atoms with Crippen molar-refractivity contribution in [2.45, 2.75) is 24.2 Å². The SMILES string of the molecule is CCOC(=O)C1(C(=O)OCC)C2=C(Sc3cc(Cl)ccc31)C(=O)c1ccccc1C2=O. The molecule has 0 N–H and O–H groups in total. The third kappa shape index (κ3) is 3.03. The van der Waals surface area contributed by atoms with E-state index in [0.717, 1.165) is 11.8 Å². The van der Waals surface area contributed by atoms with E-state index in [2.05, 4.69) is 0 Å². The lowest BCUT2D eigenvalue weighted by Crippen LogP contribution is -2.52. The van der Waals surface area contributed by atoms with Crippen LogP contribution in [0.25, 0.3) is 0 Å². The van der Waals surface area contributed by atoms with Gasteiger partial charge in [0.15, 0.2) is 5.78 Å². The molecule has 0 spiro atoms. The highest BCUT2D eigenvalue weighted by Gasteiger charge is 2.61. The van der Waals surface area contributed by atoms with Gasteiger partial charge in [-0.2, -0.15) is 0 Å². The van der Waals surface area contributed by atoms with Crippen LogP contribution in [0.2, 0.25) is 5.02 Å². The molecule has 1 heterocycles. The summed E-state index contributed by atoms with van der Waals surface area (Å²) >= 11 is 7.17. The number of esters is 2. The Hall–Kier alpha value is -2.90. The van der Waals surface area contributed by atoms with Crippen molar-refractivity contribution in [2.75, 3.05) is 13.2 Å². The van der Waals surface area contributed by atoms with Crippen LogP contribution < -0.4 is 0 Å². The number of hydrogen-bond donors (Lipinski definition) is 0. The standard InChI is InChI=1S/C23H17ClO6S/c1-3-29-21(27)23(22(28)30-4-2)15-10-9-12(24)11-16(15)31-20-17(23)18(25)13-7-5-6-8-14(13)19(20)26/h5-11H,3-4H2,1-2H3. The average Bonchev–Trinajstić information content (AvgIpc) is 2.76. The molecule has 1 aliphatic carbocycles. The molecule has 0 radical (unpaired) electrons. The zero-order chi connectivity index (χ0) is 22.3. The lowest BCUT2D eigenvalue weighted by Gasteiger charge is -2.38. The van der Waals surface area contributed by atoms with Gasteiger partial charge in [-0.3, -0.25) is 19.2 Å². The Morgan fingerprint density at radius 3 is 2.10 bits per heavy atom. The third-order valence-corrected chi connectivity index (χ3v) is 6.56. The van der Waals surface area contributed by atoms with Crippen molar-refractivity contribution in [3.05, 3.63) is 74.7 Å². The smallest absolute Gasteiger partial charge is 0.332 e. The number of fused-ring (bicyclic) bond motifs is 2. The number of halogens is 1. The van der Waals surface area contributed by atoms with E-state index in [1.54, 1.807) is 38.1 Å². The van der Waals surface area contributed by atoms with Crippen LogP contribution in [0.5, 0.6) is 0 Å². The number of allylic oxidation sites excluding steroid dienone is 1. The van der Waals surface area contributed by atoms with Crippen LogP contribution in [0.15, 0.2) is 57.8 Å². The van der Waals surface area contributed by atoms with Crippen LogP contribution >= 0.6 is 23.4 Å². The Labute approximate surface area is 187 Å². The van der Waals surface area contributed by atoms with Crippen molar-refractivity contribution in [3.63, 3.8) is 0 Å². The maximum Gasteiger partial charge on any atom is 0.332 e. The van der Waals surface area contributed by atoms with E-state index in [-0.39, 0.29) is 40.4 Å². The van der Waals surface area contributed by atoms with Crippen molar-refractivity contribution in [2.24, 2.45) is 0 Å². The second-order valence-electron chi connectivity index (χ2n) is 6.84. The number of benzene rings is 2. The summed E-state index contributed by atoms with van der Waals surface area (Å²) in [5.41, 5.74) is -1.91. The molecule has 0 unspecified atom stereocenters. The largest absolute Gasteiger partial charge is 0.465 e. The first kappa shape index (κ1) is 21.3. The first-order valence-corrected chi connectivity index (χ1v) is 10.8. The molecule has 31 heavy (non-hydrogen) atoms. The highest BCUT2D eigenvalue weighted by atomic mass is 35.5. The molecule has 0 aromatic heterocycles. The minimum atomic E-state index is -2.23. The minimum absolute atomic E-state index is 0.000396. The Balaban J connectivity index is 2.11. The van der Waals surface area contributed by atoms with Gasteiger partial charge < -0.3 is 9.47 Å². The molecular weight excluding hydrogens is 440 g/mol. The molecule has 8 heteroatoms. The highest BCUT2D eigenvalue weighted by molar-refractivity contribution is 8.04. The summed E-state index contributed by atoms with van der Waals surface area (Å²) in [5.74, 6) is -2.96. The van der Waals surface area contributed by atoms with Gasteiger partial charge in [0.25, 0.3) is 0 Å². The second kappa shape index (κ2) is 7.98. The molecule has 2 aliphatic rings. The minimum Gasteiger partial charge on any atom is -0.465 e. The predicted molar refractivity (Wildman–Crippen MR) is 114 cm³/mol. The fourth-order valence-electron chi connectivity index (χ4n) is 3.91. The van der Waals surface area contributed by atoms with Gasteiger partial charge in [-0.05, 0) is 31.5 Å². The van der Waals surface area contributed by atoms with Crippen molar-refractivity contribution in [3.8, 4) is 0 Å². The second-order valence-corrected chi connectivity index (χ2v) is 8.33. The average molecular weight is 457 g/mol. The number of carbonyl (C=O) groups excluding carboxylic acids is 4. The fraction of sp³-hybridized carbons (Fsp3) is 0.217. The molecule has 0 atom stereocenters. The van der Waals surface area contributed by atoms with Crippen LogP contribution in [0.4, 0.5) is 0 Å². The molecule has 4 rings (SSSR count). The molecule has 0 saturated carbocycles. The van der Waals surface area contributed by atoms with Crippen molar-refractivity contribution in [1.29, 1.82) is 0 Å². The number of thioether (sulfide) groups is 1. The number of Topliss-reactive ketones (excluding diaryl/α,β-unsaturated/α-hetero) is 2. The summed E-state index contributed by atoms with van der Waals surface area (Å²) in [5, 5.41) is 0.354. The zero-order valence-electron chi connectivity index (χ0n) is 16.7. The van der Waals surface area contributed by atoms with Crippen molar-refractivity contribution < 1.29 is 28.7 Å². The summed E-state index contributed by atoms with van der Waals surface area (Å²) < 4.78 is 10.6. The van der Waals surface area contributed by atoms with E-state index in [9.17, 15) is 19.2 Å². The van der Waals surface area contributed by atoms with Crippen molar-refractivity contribution in [1.82, 2.24) is 0 Å². The number of rotatable bonds is 4. The fourth-order valence-corrected chi connectivity index (χ4v) is 5.44.